The first-order valence-electron chi connectivity index (χ1n) is 21.6. The number of nitrogens with zero attached hydrogens (tertiary/aromatic N) is 4. The van der Waals surface area contributed by atoms with Crippen molar-refractivity contribution in [2.24, 2.45) is 0 Å². The van der Waals surface area contributed by atoms with Crippen molar-refractivity contribution in [2.45, 2.75) is 207 Å². The van der Waals surface area contributed by atoms with Crippen LogP contribution in [0.3, 0.4) is 0 Å². The second-order valence-corrected chi connectivity index (χ2v) is 18.6. The standard InChI is InChI=1S/C44H70N4S4/c1-5-9-13-17-21-25-29-35-33-49-43(46-35)44-48-38(32-28-24-20-16-12-8-4)40(52-44)39-37(31-27-23-19-15-11-7-3)47-42(51-39)41-36(45-34-50-41)30-26-22-18-14-10-6-2/h33-34H,5-32H2,1-4H3. The summed E-state index contributed by atoms with van der Waals surface area (Å²) in [5.74, 6) is 0. The van der Waals surface area contributed by atoms with E-state index in [0.29, 0.717) is 0 Å². The molecule has 290 valence electrons. The summed E-state index contributed by atoms with van der Waals surface area (Å²) in [6.07, 6.45) is 35.7. The summed E-state index contributed by atoms with van der Waals surface area (Å²) >= 11 is 7.39. The molecule has 0 N–H and O–H groups in total. The number of hydrogen-bond acceptors (Lipinski definition) is 8. The second-order valence-electron chi connectivity index (χ2n) is 14.9. The van der Waals surface area contributed by atoms with Gasteiger partial charge in [-0.15, -0.1) is 45.3 Å². The molecular formula is C44H70N4S4. The largest absolute Gasteiger partial charge is 0.249 e. The Hall–Kier alpha value is -1.48. The molecule has 52 heavy (non-hydrogen) atoms. The molecule has 0 bridgehead atoms. The Morgan fingerprint density at radius 1 is 0.385 bits per heavy atom. The topological polar surface area (TPSA) is 51.6 Å². The number of rotatable bonds is 31. The smallest absolute Gasteiger partial charge is 0.153 e. The number of aryl methyl sites for hydroxylation is 4. The van der Waals surface area contributed by atoms with Crippen LogP contribution in [-0.2, 0) is 25.7 Å². The number of thiazole rings is 4. The molecule has 0 atom stereocenters. The third kappa shape index (κ3) is 15.0. The molecule has 8 heteroatoms. The van der Waals surface area contributed by atoms with E-state index in [0.717, 1.165) is 35.7 Å². The summed E-state index contributed by atoms with van der Waals surface area (Å²) < 4.78 is 0. The van der Waals surface area contributed by atoms with Gasteiger partial charge in [0.15, 0.2) is 10.0 Å². The van der Waals surface area contributed by atoms with E-state index < -0.39 is 0 Å². The van der Waals surface area contributed by atoms with E-state index in [-0.39, 0.29) is 0 Å². The normalized spacial score (nSPS) is 11.7. The van der Waals surface area contributed by atoms with Gasteiger partial charge < -0.3 is 0 Å². The van der Waals surface area contributed by atoms with Crippen LogP contribution in [-0.4, -0.2) is 19.9 Å². The van der Waals surface area contributed by atoms with Gasteiger partial charge in [-0.2, -0.15) is 0 Å². The van der Waals surface area contributed by atoms with Crippen molar-refractivity contribution in [1.82, 2.24) is 19.9 Å². The fourth-order valence-electron chi connectivity index (χ4n) is 7.03. The lowest BCUT2D eigenvalue weighted by molar-refractivity contribution is 0.604. The number of unbranched alkanes of at least 4 members (excludes halogenated alkanes) is 20. The van der Waals surface area contributed by atoms with E-state index in [4.69, 9.17) is 19.9 Å². The molecule has 0 aliphatic carbocycles. The molecule has 0 aromatic carbocycles. The molecular weight excluding hydrogens is 713 g/mol. The molecule has 0 radical (unpaired) electrons. The predicted octanol–water partition coefficient (Wildman–Crippen LogP) is 16.1. The number of aromatic nitrogens is 4. The van der Waals surface area contributed by atoms with Crippen molar-refractivity contribution >= 4 is 45.3 Å². The van der Waals surface area contributed by atoms with Crippen LogP contribution in [0, 0.1) is 0 Å². The maximum Gasteiger partial charge on any atom is 0.153 e. The van der Waals surface area contributed by atoms with Gasteiger partial charge >= 0.3 is 0 Å². The van der Waals surface area contributed by atoms with Gasteiger partial charge in [0.1, 0.15) is 5.01 Å². The van der Waals surface area contributed by atoms with E-state index in [9.17, 15) is 0 Å². The molecule has 0 saturated carbocycles. The Kier molecular flexibility index (Phi) is 21.9. The predicted molar refractivity (Wildman–Crippen MR) is 234 cm³/mol. The SMILES string of the molecule is CCCCCCCCc1csc(-c2nc(CCCCCCCC)c(-c3sc(-c4scnc4CCCCCCCC)nc3CCCCCCCC)s2)n1. The zero-order chi connectivity index (χ0) is 36.6. The summed E-state index contributed by atoms with van der Waals surface area (Å²) in [5.41, 5.74) is 7.12. The van der Waals surface area contributed by atoms with Gasteiger partial charge in [0, 0.05) is 5.38 Å². The molecule has 4 nitrogen and oxygen atoms in total. The van der Waals surface area contributed by atoms with E-state index in [1.54, 1.807) is 22.7 Å². The highest BCUT2D eigenvalue weighted by atomic mass is 32.1. The van der Waals surface area contributed by atoms with Crippen molar-refractivity contribution in [3.63, 3.8) is 0 Å². The molecule has 0 fully saturated rings. The lowest BCUT2D eigenvalue weighted by Gasteiger charge is -2.04. The van der Waals surface area contributed by atoms with Crippen LogP contribution in [0.1, 0.15) is 205 Å². The van der Waals surface area contributed by atoms with Crippen LogP contribution in [0.4, 0.5) is 0 Å². The lowest BCUT2D eigenvalue weighted by Crippen LogP contribution is -1.93. The molecule has 4 heterocycles. The first-order chi connectivity index (χ1) is 25.7. The first-order valence-corrected chi connectivity index (χ1v) is 24.9. The van der Waals surface area contributed by atoms with Gasteiger partial charge in [-0.05, 0) is 51.4 Å². The zero-order valence-electron chi connectivity index (χ0n) is 33.4. The van der Waals surface area contributed by atoms with Crippen LogP contribution in [0.25, 0.3) is 29.7 Å². The van der Waals surface area contributed by atoms with E-state index in [1.165, 1.54) is 197 Å². The van der Waals surface area contributed by atoms with Gasteiger partial charge in [-0.25, -0.2) is 19.9 Å². The monoisotopic (exact) mass is 782 g/mol. The third-order valence-electron chi connectivity index (χ3n) is 10.3. The zero-order valence-corrected chi connectivity index (χ0v) is 36.6. The fraction of sp³-hybridized carbons (Fsp3) is 0.727. The average molecular weight is 783 g/mol. The molecule has 0 spiro atoms. The third-order valence-corrected chi connectivity index (χ3v) is 14.7. The number of hydrogen-bond donors (Lipinski definition) is 0. The van der Waals surface area contributed by atoms with Crippen LogP contribution < -0.4 is 0 Å². The molecule has 4 aromatic heterocycles. The van der Waals surface area contributed by atoms with E-state index in [1.807, 2.05) is 22.7 Å². The quantitative estimate of drug-likeness (QED) is 0.0477. The Morgan fingerprint density at radius 2 is 0.808 bits per heavy atom. The molecule has 0 aliphatic rings. The van der Waals surface area contributed by atoms with Crippen LogP contribution in [0.5, 0.6) is 0 Å². The van der Waals surface area contributed by atoms with E-state index in [2.05, 4.69) is 38.6 Å². The minimum atomic E-state index is 1.04. The molecule has 4 aromatic rings. The van der Waals surface area contributed by atoms with Crippen LogP contribution in [0.2, 0.25) is 0 Å². The first kappa shape index (κ1) is 43.3. The van der Waals surface area contributed by atoms with Crippen molar-refractivity contribution in [1.29, 1.82) is 0 Å². The maximum atomic E-state index is 5.46. The minimum Gasteiger partial charge on any atom is -0.249 e. The fourth-order valence-corrected chi connectivity index (χ4v) is 11.3. The summed E-state index contributed by atoms with van der Waals surface area (Å²) in [5, 5.41) is 5.68. The van der Waals surface area contributed by atoms with Crippen LogP contribution >= 0.6 is 45.3 Å². The summed E-state index contributed by atoms with van der Waals surface area (Å²) in [4.78, 5) is 24.9. The Balaban J connectivity index is 1.58. The Bertz CT molecular complexity index is 1480. The lowest BCUT2D eigenvalue weighted by atomic mass is 10.1. The van der Waals surface area contributed by atoms with Crippen molar-refractivity contribution < 1.29 is 0 Å². The highest BCUT2D eigenvalue weighted by Gasteiger charge is 2.24. The summed E-state index contributed by atoms with van der Waals surface area (Å²) in [6, 6.07) is 0. The minimum absolute atomic E-state index is 1.04. The Labute approximate surface area is 334 Å². The van der Waals surface area contributed by atoms with E-state index >= 15 is 0 Å². The second kappa shape index (κ2) is 26.3. The van der Waals surface area contributed by atoms with Crippen molar-refractivity contribution in [3.05, 3.63) is 33.7 Å². The molecule has 0 unspecified atom stereocenters. The van der Waals surface area contributed by atoms with Crippen LogP contribution in [0.15, 0.2) is 10.9 Å². The van der Waals surface area contributed by atoms with Gasteiger partial charge in [-0.3, -0.25) is 0 Å². The summed E-state index contributed by atoms with van der Waals surface area (Å²) in [7, 11) is 0. The molecule has 0 amide bonds. The Morgan fingerprint density at radius 3 is 1.33 bits per heavy atom. The van der Waals surface area contributed by atoms with Crippen molar-refractivity contribution in [2.75, 3.05) is 0 Å². The van der Waals surface area contributed by atoms with Gasteiger partial charge in [-0.1, -0.05) is 156 Å². The van der Waals surface area contributed by atoms with Crippen molar-refractivity contribution in [3.8, 4) is 29.7 Å². The van der Waals surface area contributed by atoms with Gasteiger partial charge in [0.2, 0.25) is 0 Å². The molecule has 0 aliphatic heterocycles. The highest BCUT2D eigenvalue weighted by Crippen LogP contribution is 2.45. The molecule has 0 saturated heterocycles. The molecule has 4 rings (SSSR count). The van der Waals surface area contributed by atoms with Gasteiger partial charge in [0.25, 0.3) is 0 Å². The average Bonchev–Trinajstić information content (AvgIpc) is 3.97. The maximum absolute atomic E-state index is 5.46. The highest BCUT2D eigenvalue weighted by molar-refractivity contribution is 7.27. The summed E-state index contributed by atoms with van der Waals surface area (Å²) in [6.45, 7) is 9.19. The van der Waals surface area contributed by atoms with Gasteiger partial charge in [0.05, 0.1) is 42.9 Å².